The largest absolute Gasteiger partial charge is 0.467 e. The van der Waals surface area contributed by atoms with Crippen LogP contribution in [0.4, 0.5) is 11.9 Å². The Morgan fingerprint density at radius 1 is 1.29 bits per heavy atom. The van der Waals surface area contributed by atoms with Gasteiger partial charge in [-0.3, -0.25) is 0 Å². The average Bonchev–Trinajstić information content (AvgIpc) is 2.32. The normalized spacial score (nSPS) is 22.8. The number of rotatable bonds is 5. The fraction of sp³-hybridized carbons (Fsp3) is 0.700. The number of methoxy groups -OCH3 is 1. The first-order valence-electron chi connectivity index (χ1n) is 5.61. The Balaban J connectivity index is 1.94. The molecule has 0 amide bonds. The molecule has 0 aromatic carbocycles. The molecule has 0 bridgehead atoms. The third kappa shape index (κ3) is 2.94. The monoisotopic (exact) mass is 239 g/mol. The van der Waals surface area contributed by atoms with E-state index in [1.807, 2.05) is 0 Å². The van der Waals surface area contributed by atoms with Gasteiger partial charge in [0.25, 0.3) is 0 Å². The highest BCUT2D eigenvalue weighted by atomic mass is 16.5. The lowest BCUT2D eigenvalue weighted by atomic mass is 9.82. The summed E-state index contributed by atoms with van der Waals surface area (Å²) < 4.78 is 4.98. The molecule has 0 aliphatic heterocycles. The van der Waals surface area contributed by atoms with Crippen molar-refractivity contribution in [3.05, 3.63) is 0 Å². The summed E-state index contributed by atoms with van der Waals surface area (Å²) in [5, 5.41) is 15.1. The van der Waals surface area contributed by atoms with Crippen molar-refractivity contribution in [1.29, 1.82) is 0 Å². The van der Waals surface area contributed by atoms with E-state index in [9.17, 15) is 5.11 Å². The van der Waals surface area contributed by atoms with Gasteiger partial charge in [-0.1, -0.05) is 0 Å². The Morgan fingerprint density at radius 2 is 2.00 bits per heavy atom. The number of aliphatic hydroxyl groups excluding tert-OH is 1. The summed E-state index contributed by atoms with van der Waals surface area (Å²) in [6.07, 6.45) is 1.55. The molecule has 0 saturated heterocycles. The lowest BCUT2D eigenvalue weighted by molar-refractivity contribution is 0.0486. The maximum Gasteiger partial charge on any atom is 0.322 e. The summed E-state index contributed by atoms with van der Waals surface area (Å²) in [7, 11) is 3.25. The zero-order valence-electron chi connectivity index (χ0n) is 9.97. The van der Waals surface area contributed by atoms with Gasteiger partial charge in [-0.05, 0) is 18.8 Å². The van der Waals surface area contributed by atoms with Crippen molar-refractivity contribution in [2.24, 2.45) is 5.92 Å². The van der Waals surface area contributed by atoms with Crippen LogP contribution in [-0.2, 0) is 0 Å². The van der Waals surface area contributed by atoms with Crippen LogP contribution in [0.15, 0.2) is 0 Å². The van der Waals surface area contributed by atoms with E-state index in [1.54, 1.807) is 7.05 Å². The van der Waals surface area contributed by atoms with E-state index in [4.69, 9.17) is 4.74 Å². The lowest BCUT2D eigenvalue weighted by Gasteiger charge is -2.31. The van der Waals surface area contributed by atoms with Gasteiger partial charge in [-0.2, -0.15) is 15.0 Å². The van der Waals surface area contributed by atoms with Gasteiger partial charge in [-0.15, -0.1) is 0 Å². The van der Waals surface area contributed by atoms with Crippen LogP contribution in [0.5, 0.6) is 6.01 Å². The summed E-state index contributed by atoms with van der Waals surface area (Å²) in [6, 6.07) is 0.278. The zero-order chi connectivity index (χ0) is 12.3. The maximum absolute atomic E-state index is 9.18. The minimum atomic E-state index is -0.137. The quantitative estimate of drug-likeness (QED) is 0.671. The molecule has 2 rings (SSSR count). The summed E-state index contributed by atoms with van der Waals surface area (Å²) in [5.41, 5.74) is 0. The van der Waals surface area contributed by atoms with Gasteiger partial charge in [0.15, 0.2) is 0 Å². The Hall–Kier alpha value is -1.63. The predicted octanol–water partition coefficient (Wildman–Crippen LogP) is 0.105. The van der Waals surface area contributed by atoms with Crippen molar-refractivity contribution in [1.82, 2.24) is 15.0 Å². The Morgan fingerprint density at radius 3 is 2.59 bits per heavy atom. The molecule has 7 heteroatoms. The SMILES string of the molecule is CNc1nc(NCC2CC(O)C2)nc(OC)n1. The highest BCUT2D eigenvalue weighted by molar-refractivity contribution is 5.35. The van der Waals surface area contributed by atoms with E-state index in [0.717, 1.165) is 19.4 Å². The Bertz CT molecular complexity index is 359. The molecule has 0 unspecified atom stereocenters. The number of nitrogens with one attached hydrogen (secondary N) is 2. The molecule has 3 N–H and O–H groups in total. The second-order valence-electron chi connectivity index (χ2n) is 4.09. The summed E-state index contributed by atoms with van der Waals surface area (Å²) in [5.74, 6) is 1.45. The lowest BCUT2D eigenvalue weighted by Crippen LogP contribution is -2.33. The first-order chi connectivity index (χ1) is 8.21. The number of hydrogen-bond acceptors (Lipinski definition) is 7. The molecule has 1 heterocycles. The minimum absolute atomic E-state index is 0.137. The molecule has 1 fully saturated rings. The molecule has 0 radical (unpaired) electrons. The molecule has 94 valence electrons. The maximum atomic E-state index is 9.18. The summed E-state index contributed by atoms with van der Waals surface area (Å²) >= 11 is 0. The molecule has 1 aromatic rings. The highest BCUT2D eigenvalue weighted by Crippen LogP contribution is 2.27. The molecule has 1 saturated carbocycles. The van der Waals surface area contributed by atoms with E-state index in [2.05, 4.69) is 25.6 Å². The minimum Gasteiger partial charge on any atom is -0.467 e. The summed E-state index contributed by atoms with van der Waals surface area (Å²) in [4.78, 5) is 12.3. The second kappa shape index (κ2) is 5.13. The first-order valence-corrected chi connectivity index (χ1v) is 5.61. The van der Waals surface area contributed by atoms with Crippen LogP contribution >= 0.6 is 0 Å². The van der Waals surface area contributed by atoms with Crippen molar-refractivity contribution in [3.63, 3.8) is 0 Å². The third-order valence-electron chi connectivity index (χ3n) is 2.78. The van der Waals surface area contributed by atoms with Gasteiger partial charge in [0, 0.05) is 13.6 Å². The van der Waals surface area contributed by atoms with Gasteiger partial charge >= 0.3 is 6.01 Å². The molecule has 1 aromatic heterocycles. The van der Waals surface area contributed by atoms with Gasteiger partial charge in [0.05, 0.1) is 13.2 Å². The fourth-order valence-electron chi connectivity index (χ4n) is 1.74. The number of aromatic nitrogens is 3. The van der Waals surface area contributed by atoms with Gasteiger partial charge in [-0.25, -0.2) is 0 Å². The highest BCUT2D eigenvalue weighted by Gasteiger charge is 2.26. The van der Waals surface area contributed by atoms with Crippen LogP contribution in [0.25, 0.3) is 0 Å². The van der Waals surface area contributed by atoms with Crippen LogP contribution in [0.2, 0.25) is 0 Å². The topological polar surface area (TPSA) is 92.2 Å². The van der Waals surface area contributed by atoms with E-state index in [-0.39, 0.29) is 12.1 Å². The van der Waals surface area contributed by atoms with Crippen LogP contribution in [0.3, 0.4) is 0 Å². The summed E-state index contributed by atoms with van der Waals surface area (Å²) in [6.45, 7) is 0.757. The van der Waals surface area contributed by atoms with Crippen LogP contribution < -0.4 is 15.4 Å². The van der Waals surface area contributed by atoms with Crippen LogP contribution in [-0.4, -0.2) is 46.9 Å². The number of ether oxygens (including phenoxy) is 1. The van der Waals surface area contributed by atoms with Crippen molar-refractivity contribution < 1.29 is 9.84 Å². The van der Waals surface area contributed by atoms with Crippen LogP contribution in [0.1, 0.15) is 12.8 Å². The zero-order valence-corrected chi connectivity index (χ0v) is 9.97. The van der Waals surface area contributed by atoms with Gasteiger partial charge < -0.3 is 20.5 Å². The molecule has 17 heavy (non-hydrogen) atoms. The standard InChI is InChI=1S/C10H17N5O2/c1-11-8-13-9(15-10(14-8)17-2)12-5-6-3-7(16)4-6/h6-7,16H,3-5H2,1-2H3,(H2,11,12,13,14,15). The second-order valence-corrected chi connectivity index (χ2v) is 4.09. The Labute approximate surface area is 99.6 Å². The first kappa shape index (κ1) is 11.8. The van der Waals surface area contributed by atoms with Crippen molar-refractivity contribution >= 4 is 11.9 Å². The molecular formula is C10H17N5O2. The molecule has 0 spiro atoms. The third-order valence-corrected chi connectivity index (χ3v) is 2.78. The molecule has 1 aliphatic carbocycles. The van der Waals surface area contributed by atoms with Crippen LogP contribution in [0, 0.1) is 5.92 Å². The van der Waals surface area contributed by atoms with Crippen molar-refractivity contribution in [2.45, 2.75) is 18.9 Å². The number of anilines is 2. The van der Waals surface area contributed by atoms with Crippen molar-refractivity contribution in [3.8, 4) is 6.01 Å². The molecule has 0 atom stereocenters. The van der Waals surface area contributed by atoms with Crippen molar-refractivity contribution in [2.75, 3.05) is 31.3 Å². The van der Waals surface area contributed by atoms with E-state index in [0.29, 0.717) is 17.8 Å². The average molecular weight is 239 g/mol. The number of nitrogens with zero attached hydrogens (tertiary/aromatic N) is 3. The van der Waals surface area contributed by atoms with Gasteiger partial charge in [0.1, 0.15) is 0 Å². The number of aliphatic hydroxyl groups is 1. The van der Waals surface area contributed by atoms with Gasteiger partial charge in [0.2, 0.25) is 11.9 Å². The molecule has 1 aliphatic rings. The Kier molecular flexibility index (Phi) is 3.58. The smallest absolute Gasteiger partial charge is 0.322 e. The van der Waals surface area contributed by atoms with E-state index >= 15 is 0 Å². The van der Waals surface area contributed by atoms with E-state index in [1.165, 1.54) is 7.11 Å². The number of hydrogen-bond donors (Lipinski definition) is 3. The molecule has 7 nitrogen and oxygen atoms in total. The predicted molar refractivity (Wildman–Crippen MR) is 63.1 cm³/mol. The van der Waals surface area contributed by atoms with E-state index < -0.39 is 0 Å². The fourth-order valence-corrected chi connectivity index (χ4v) is 1.74. The molecular weight excluding hydrogens is 222 g/mol.